The quantitative estimate of drug-likeness (QED) is 0.688. The topological polar surface area (TPSA) is 88.8 Å². The van der Waals surface area contributed by atoms with Crippen LogP contribution in [-0.4, -0.2) is 43.7 Å². The average molecular weight is 415 g/mol. The summed E-state index contributed by atoms with van der Waals surface area (Å²) in [7, 11) is 1.76. The molecule has 0 saturated carbocycles. The van der Waals surface area contributed by atoms with E-state index in [1.54, 1.807) is 24.1 Å². The van der Waals surface area contributed by atoms with E-state index in [0.29, 0.717) is 44.1 Å². The van der Waals surface area contributed by atoms with Gasteiger partial charge in [-0.3, -0.25) is 9.48 Å². The molecule has 0 atom stereocenters. The summed E-state index contributed by atoms with van der Waals surface area (Å²) in [4.78, 5) is 27.2. The molecular weight excluding hydrogens is 393 g/mol. The van der Waals surface area contributed by atoms with Crippen molar-refractivity contribution in [1.29, 1.82) is 0 Å². The Morgan fingerprint density at radius 2 is 2.10 bits per heavy atom. The van der Waals surface area contributed by atoms with Crippen molar-refractivity contribution in [1.82, 2.24) is 30.0 Å². The zero-order valence-corrected chi connectivity index (χ0v) is 17.1. The number of anilines is 1. The third-order valence-electron chi connectivity index (χ3n) is 5.12. The van der Waals surface area contributed by atoms with Gasteiger partial charge in [-0.05, 0) is 25.3 Å². The zero-order chi connectivity index (χ0) is 20.4. The van der Waals surface area contributed by atoms with Gasteiger partial charge in [0.25, 0.3) is 0 Å². The minimum atomic E-state index is -0.475. The summed E-state index contributed by atoms with van der Waals surface area (Å²) in [6.45, 7) is 3.63. The number of hydrogen-bond acceptors (Lipinski definition) is 7. The summed E-state index contributed by atoms with van der Waals surface area (Å²) >= 11 is 1.53. The van der Waals surface area contributed by atoms with Gasteiger partial charge in [0.05, 0.1) is 24.6 Å². The lowest BCUT2D eigenvalue weighted by Crippen LogP contribution is -2.41. The molecule has 1 aliphatic heterocycles. The maximum Gasteiger partial charge on any atom is 0.226 e. The minimum absolute atomic E-state index is 0.0473. The predicted octanol–water partition coefficient (Wildman–Crippen LogP) is 2.31. The van der Waals surface area contributed by atoms with Crippen LogP contribution in [0, 0.1) is 18.7 Å². The van der Waals surface area contributed by atoms with Crippen molar-refractivity contribution in [2.24, 2.45) is 13.0 Å². The normalized spacial score (nSPS) is 14.9. The maximum absolute atomic E-state index is 14.4. The number of piperidine rings is 1. The Morgan fingerprint density at radius 1 is 1.31 bits per heavy atom. The number of carbonyl (C=O) groups excluding carboxylic acids is 1. The predicted molar refractivity (Wildman–Crippen MR) is 108 cm³/mol. The number of amides is 1. The van der Waals surface area contributed by atoms with Gasteiger partial charge in [-0.25, -0.2) is 19.3 Å². The number of nitrogens with one attached hydrogen (secondary N) is 1. The lowest BCUT2D eigenvalue weighted by atomic mass is 9.96. The van der Waals surface area contributed by atoms with E-state index in [1.807, 2.05) is 17.2 Å². The van der Waals surface area contributed by atoms with E-state index in [9.17, 15) is 9.18 Å². The largest absolute Gasteiger partial charge is 0.349 e. The Kier molecular flexibility index (Phi) is 5.52. The van der Waals surface area contributed by atoms with Crippen LogP contribution in [0.15, 0.2) is 24.0 Å². The fourth-order valence-corrected chi connectivity index (χ4v) is 4.11. The second-order valence-electron chi connectivity index (χ2n) is 7.07. The van der Waals surface area contributed by atoms with E-state index in [0.717, 1.165) is 10.6 Å². The van der Waals surface area contributed by atoms with Crippen molar-refractivity contribution in [3.63, 3.8) is 0 Å². The van der Waals surface area contributed by atoms with Gasteiger partial charge >= 0.3 is 0 Å². The molecule has 1 aliphatic rings. The summed E-state index contributed by atoms with van der Waals surface area (Å²) in [5, 5.41) is 9.92. The van der Waals surface area contributed by atoms with Crippen molar-refractivity contribution in [3.8, 4) is 11.4 Å². The van der Waals surface area contributed by atoms with Crippen LogP contribution >= 0.6 is 11.3 Å². The standard InChI is InChI=1S/C19H22FN7OS/c1-12-9-24-26(2)17(12)16-14(20)10-23-19(25-16)27-6-3-13(4-7-27)18(28)22-11-15-21-5-8-29-15/h5,8-10,13H,3-4,6-7,11H2,1-2H3,(H,22,28). The van der Waals surface area contributed by atoms with Crippen LogP contribution in [0.4, 0.5) is 10.3 Å². The fourth-order valence-electron chi connectivity index (χ4n) is 3.55. The molecule has 3 aromatic rings. The molecule has 1 saturated heterocycles. The van der Waals surface area contributed by atoms with Gasteiger partial charge < -0.3 is 10.2 Å². The SMILES string of the molecule is Cc1cnn(C)c1-c1nc(N2CCC(C(=O)NCc3nccs3)CC2)ncc1F. The van der Waals surface area contributed by atoms with E-state index in [2.05, 4.69) is 25.4 Å². The molecule has 0 aromatic carbocycles. The molecule has 4 heterocycles. The van der Waals surface area contributed by atoms with Crippen LogP contribution < -0.4 is 10.2 Å². The molecule has 1 amide bonds. The van der Waals surface area contributed by atoms with Crippen LogP contribution in [0.25, 0.3) is 11.4 Å². The number of aryl methyl sites for hydroxylation is 2. The number of rotatable bonds is 5. The van der Waals surface area contributed by atoms with E-state index in [4.69, 9.17) is 0 Å². The molecule has 8 nitrogen and oxygen atoms in total. The van der Waals surface area contributed by atoms with Crippen LogP contribution in [0.1, 0.15) is 23.4 Å². The highest BCUT2D eigenvalue weighted by Crippen LogP contribution is 2.27. The van der Waals surface area contributed by atoms with Crippen molar-refractivity contribution < 1.29 is 9.18 Å². The summed E-state index contributed by atoms with van der Waals surface area (Å²) < 4.78 is 16.0. The number of hydrogen-bond donors (Lipinski definition) is 1. The molecule has 1 fully saturated rings. The molecular formula is C19H22FN7OS. The van der Waals surface area contributed by atoms with Gasteiger partial charge in [-0.1, -0.05) is 0 Å². The number of thiazole rings is 1. The Bertz CT molecular complexity index is 977. The van der Waals surface area contributed by atoms with Crippen LogP contribution in [0.3, 0.4) is 0 Å². The Hall–Kier alpha value is -2.88. The Labute approximate surface area is 171 Å². The maximum atomic E-state index is 14.4. The fraction of sp³-hybridized carbons (Fsp3) is 0.421. The van der Waals surface area contributed by atoms with E-state index in [-0.39, 0.29) is 17.5 Å². The van der Waals surface area contributed by atoms with Crippen LogP contribution in [0.2, 0.25) is 0 Å². The Morgan fingerprint density at radius 3 is 2.76 bits per heavy atom. The molecule has 0 radical (unpaired) electrons. The van der Waals surface area contributed by atoms with Gasteiger partial charge in [0, 0.05) is 37.6 Å². The van der Waals surface area contributed by atoms with E-state index >= 15 is 0 Å². The summed E-state index contributed by atoms with van der Waals surface area (Å²) in [6, 6.07) is 0. The van der Waals surface area contributed by atoms with Gasteiger partial charge in [-0.15, -0.1) is 11.3 Å². The van der Waals surface area contributed by atoms with Crippen molar-refractivity contribution in [3.05, 3.63) is 40.4 Å². The van der Waals surface area contributed by atoms with Gasteiger partial charge in [0.2, 0.25) is 11.9 Å². The summed E-state index contributed by atoms with van der Waals surface area (Å²) in [5.41, 5.74) is 1.74. The molecule has 29 heavy (non-hydrogen) atoms. The van der Waals surface area contributed by atoms with E-state index in [1.165, 1.54) is 17.5 Å². The van der Waals surface area contributed by atoms with Crippen molar-refractivity contribution in [2.75, 3.05) is 18.0 Å². The van der Waals surface area contributed by atoms with Gasteiger partial charge in [0.1, 0.15) is 10.7 Å². The van der Waals surface area contributed by atoms with Gasteiger partial charge in [0.15, 0.2) is 5.82 Å². The van der Waals surface area contributed by atoms with Gasteiger partial charge in [-0.2, -0.15) is 5.10 Å². The van der Waals surface area contributed by atoms with Crippen molar-refractivity contribution >= 4 is 23.2 Å². The average Bonchev–Trinajstić information content (AvgIpc) is 3.37. The van der Waals surface area contributed by atoms with Crippen molar-refractivity contribution in [2.45, 2.75) is 26.3 Å². The molecule has 152 valence electrons. The minimum Gasteiger partial charge on any atom is -0.349 e. The second-order valence-corrected chi connectivity index (χ2v) is 8.05. The third kappa shape index (κ3) is 4.12. The van der Waals surface area contributed by atoms with E-state index < -0.39 is 5.82 Å². The molecule has 0 bridgehead atoms. The third-order valence-corrected chi connectivity index (χ3v) is 5.90. The highest BCUT2D eigenvalue weighted by Gasteiger charge is 2.27. The molecule has 1 N–H and O–H groups in total. The first-order valence-electron chi connectivity index (χ1n) is 9.45. The lowest BCUT2D eigenvalue weighted by molar-refractivity contribution is -0.125. The molecule has 3 aromatic heterocycles. The first-order chi connectivity index (χ1) is 14.0. The highest BCUT2D eigenvalue weighted by atomic mass is 32.1. The molecule has 0 unspecified atom stereocenters. The number of nitrogens with zero attached hydrogens (tertiary/aromatic N) is 6. The first-order valence-corrected chi connectivity index (χ1v) is 10.3. The molecule has 0 spiro atoms. The smallest absolute Gasteiger partial charge is 0.226 e. The lowest BCUT2D eigenvalue weighted by Gasteiger charge is -2.31. The van der Waals surface area contributed by atoms with Crippen LogP contribution in [-0.2, 0) is 18.4 Å². The number of aromatic nitrogens is 5. The number of carbonyl (C=O) groups is 1. The highest BCUT2D eigenvalue weighted by molar-refractivity contribution is 7.09. The summed E-state index contributed by atoms with van der Waals surface area (Å²) in [5.74, 6) is -0.00272. The first kappa shape index (κ1) is 19.4. The number of halogens is 1. The zero-order valence-electron chi connectivity index (χ0n) is 16.3. The second kappa shape index (κ2) is 8.24. The molecule has 4 rings (SSSR count). The monoisotopic (exact) mass is 415 g/mol. The molecule has 0 aliphatic carbocycles. The molecule has 10 heteroatoms. The Balaban J connectivity index is 1.41. The summed E-state index contributed by atoms with van der Waals surface area (Å²) in [6.07, 6.45) is 6.02. The van der Waals surface area contributed by atoms with Crippen LogP contribution in [0.5, 0.6) is 0 Å².